The zero-order chi connectivity index (χ0) is 9.42. The van der Waals surface area contributed by atoms with Gasteiger partial charge < -0.3 is 0 Å². The van der Waals surface area contributed by atoms with Crippen LogP contribution in [0.3, 0.4) is 0 Å². The fourth-order valence-electron chi connectivity index (χ4n) is 1.15. The molecule has 13 heavy (non-hydrogen) atoms. The molecule has 0 saturated carbocycles. The lowest BCUT2D eigenvalue weighted by atomic mass is 10.2. The monoisotopic (exact) mass is 317 g/mol. The minimum absolute atomic E-state index is 0.735. The standard InChI is InChI=1S/C9H4INS2/c10-9-5(4-11)1-2-7-6(9)3-8(12)13-7/h1-3,12H. The number of hydrogen-bond donors (Lipinski definition) is 1. The number of fused-ring (bicyclic) bond motifs is 1. The zero-order valence-electron chi connectivity index (χ0n) is 6.41. The highest BCUT2D eigenvalue weighted by atomic mass is 127. The van der Waals surface area contributed by atoms with E-state index in [9.17, 15) is 0 Å². The van der Waals surface area contributed by atoms with E-state index in [0.29, 0.717) is 0 Å². The van der Waals surface area contributed by atoms with Crippen LogP contribution in [0.15, 0.2) is 22.4 Å². The van der Waals surface area contributed by atoms with Crippen LogP contribution in [0.25, 0.3) is 10.1 Å². The van der Waals surface area contributed by atoms with E-state index in [1.165, 1.54) is 4.70 Å². The predicted octanol–water partition coefficient (Wildman–Crippen LogP) is 3.67. The average Bonchev–Trinajstić information content (AvgIpc) is 2.47. The van der Waals surface area contributed by atoms with Crippen molar-refractivity contribution in [2.24, 2.45) is 0 Å². The van der Waals surface area contributed by atoms with Crippen LogP contribution >= 0.6 is 46.6 Å². The molecular weight excluding hydrogens is 313 g/mol. The molecule has 0 aliphatic carbocycles. The van der Waals surface area contributed by atoms with Crippen LogP contribution in [0.4, 0.5) is 0 Å². The van der Waals surface area contributed by atoms with Gasteiger partial charge in [0.25, 0.3) is 0 Å². The highest BCUT2D eigenvalue weighted by Crippen LogP contribution is 2.32. The molecule has 0 aliphatic heterocycles. The van der Waals surface area contributed by atoms with E-state index in [2.05, 4.69) is 41.3 Å². The van der Waals surface area contributed by atoms with E-state index in [-0.39, 0.29) is 0 Å². The second-order valence-electron chi connectivity index (χ2n) is 2.54. The second kappa shape index (κ2) is 3.48. The van der Waals surface area contributed by atoms with Crippen molar-refractivity contribution < 1.29 is 0 Å². The summed E-state index contributed by atoms with van der Waals surface area (Å²) in [6.07, 6.45) is 0. The number of nitrogens with zero attached hydrogens (tertiary/aromatic N) is 1. The summed E-state index contributed by atoms with van der Waals surface area (Å²) in [4.78, 5) is 0. The first kappa shape index (κ1) is 9.31. The van der Waals surface area contributed by atoms with Gasteiger partial charge in [0.1, 0.15) is 6.07 Å². The van der Waals surface area contributed by atoms with Crippen LogP contribution in [0, 0.1) is 14.9 Å². The molecule has 0 aliphatic rings. The molecule has 0 fully saturated rings. The van der Waals surface area contributed by atoms with Gasteiger partial charge in [0.05, 0.1) is 9.77 Å². The summed E-state index contributed by atoms with van der Waals surface area (Å²) in [5, 5.41) is 9.95. The molecule has 0 saturated heterocycles. The summed E-state index contributed by atoms with van der Waals surface area (Å²) in [6.45, 7) is 0. The number of nitriles is 1. The highest BCUT2D eigenvalue weighted by molar-refractivity contribution is 14.1. The minimum atomic E-state index is 0.735. The number of rotatable bonds is 0. The number of halogens is 1. The van der Waals surface area contributed by atoms with Crippen LogP contribution in [0.1, 0.15) is 5.56 Å². The van der Waals surface area contributed by atoms with Crippen LogP contribution in [-0.4, -0.2) is 0 Å². The van der Waals surface area contributed by atoms with E-state index in [1.54, 1.807) is 11.3 Å². The van der Waals surface area contributed by atoms with Crippen molar-refractivity contribution in [1.82, 2.24) is 0 Å². The van der Waals surface area contributed by atoms with Crippen LogP contribution in [0.2, 0.25) is 0 Å². The van der Waals surface area contributed by atoms with Gasteiger partial charge >= 0.3 is 0 Å². The predicted molar refractivity (Wildman–Crippen MR) is 66.5 cm³/mol. The maximum atomic E-state index is 8.81. The van der Waals surface area contributed by atoms with Crippen molar-refractivity contribution in [1.29, 1.82) is 5.26 Å². The molecule has 0 N–H and O–H groups in total. The van der Waals surface area contributed by atoms with Gasteiger partial charge in [-0.15, -0.1) is 24.0 Å². The van der Waals surface area contributed by atoms with Gasteiger partial charge in [-0.1, -0.05) is 0 Å². The Hall–Kier alpha value is -0.250. The molecule has 0 atom stereocenters. The molecule has 1 aromatic heterocycles. The molecule has 2 aromatic rings. The third kappa shape index (κ3) is 1.56. The summed E-state index contributed by atoms with van der Waals surface area (Å²) in [5.41, 5.74) is 0.735. The topological polar surface area (TPSA) is 23.8 Å². The van der Waals surface area contributed by atoms with Gasteiger partial charge in [0, 0.05) is 13.7 Å². The van der Waals surface area contributed by atoms with Crippen LogP contribution in [0.5, 0.6) is 0 Å². The normalized spacial score (nSPS) is 10.2. The van der Waals surface area contributed by atoms with Gasteiger partial charge in [0.15, 0.2) is 0 Å². The van der Waals surface area contributed by atoms with Crippen LogP contribution < -0.4 is 0 Å². The molecule has 64 valence electrons. The maximum absolute atomic E-state index is 8.81. The second-order valence-corrected chi connectivity index (χ2v) is 5.48. The van der Waals surface area contributed by atoms with Gasteiger partial charge in [-0.3, -0.25) is 0 Å². The molecule has 0 spiro atoms. The number of hydrogen-bond acceptors (Lipinski definition) is 3. The average molecular weight is 317 g/mol. The largest absolute Gasteiger partial charge is 0.192 e. The Morgan fingerprint density at radius 2 is 2.23 bits per heavy atom. The third-order valence-corrected chi connectivity index (χ3v) is 4.21. The first-order valence-electron chi connectivity index (χ1n) is 3.53. The summed E-state index contributed by atoms with van der Waals surface area (Å²) in [5.74, 6) is 0. The SMILES string of the molecule is N#Cc1ccc2sc(S)cc2c1I. The van der Waals surface area contributed by atoms with E-state index < -0.39 is 0 Å². The van der Waals surface area contributed by atoms with E-state index in [4.69, 9.17) is 5.26 Å². The quantitative estimate of drug-likeness (QED) is 0.582. The third-order valence-electron chi connectivity index (χ3n) is 1.74. The smallest absolute Gasteiger partial charge is 0.100 e. The molecule has 0 bridgehead atoms. The van der Waals surface area contributed by atoms with E-state index in [1.807, 2.05) is 18.2 Å². The van der Waals surface area contributed by atoms with Gasteiger partial charge in [0.2, 0.25) is 0 Å². The Labute approximate surface area is 98.9 Å². The molecule has 0 unspecified atom stereocenters. The Balaban J connectivity index is 2.87. The Morgan fingerprint density at radius 3 is 2.92 bits per heavy atom. The highest BCUT2D eigenvalue weighted by Gasteiger charge is 2.06. The molecule has 1 nitrogen and oxygen atoms in total. The fraction of sp³-hybridized carbons (Fsp3) is 0. The van der Waals surface area contributed by atoms with E-state index >= 15 is 0 Å². The summed E-state index contributed by atoms with van der Waals surface area (Å²) in [6, 6.07) is 8.00. The summed E-state index contributed by atoms with van der Waals surface area (Å²) < 4.78 is 3.20. The maximum Gasteiger partial charge on any atom is 0.100 e. The Bertz CT molecular complexity index is 510. The zero-order valence-corrected chi connectivity index (χ0v) is 10.3. The molecular formula is C9H4INS2. The lowest BCUT2D eigenvalue weighted by molar-refractivity contribution is 1.48. The minimum Gasteiger partial charge on any atom is -0.192 e. The lowest BCUT2D eigenvalue weighted by Crippen LogP contribution is -1.80. The van der Waals surface area contributed by atoms with Gasteiger partial charge in [-0.25, -0.2) is 0 Å². The molecule has 1 heterocycles. The van der Waals surface area contributed by atoms with Gasteiger partial charge in [-0.05, 0) is 40.8 Å². The number of thiol groups is 1. The first-order valence-corrected chi connectivity index (χ1v) is 5.87. The van der Waals surface area contributed by atoms with Crippen molar-refractivity contribution in [3.05, 3.63) is 27.3 Å². The van der Waals surface area contributed by atoms with Crippen molar-refractivity contribution in [2.45, 2.75) is 4.21 Å². The number of benzene rings is 1. The van der Waals surface area contributed by atoms with E-state index in [0.717, 1.165) is 18.7 Å². The lowest BCUT2D eigenvalue weighted by Gasteiger charge is -1.95. The van der Waals surface area contributed by atoms with Crippen LogP contribution in [-0.2, 0) is 0 Å². The van der Waals surface area contributed by atoms with Crippen molar-refractivity contribution >= 4 is 56.6 Å². The fourth-order valence-corrected chi connectivity index (χ4v) is 3.31. The molecule has 2 rings (SSSR count). The van der Waals surface area contributed by atoms with Crippen molar-refractivity contribution in [2.75, 3.05) is 0 Å². The summed E-state index contributed by atoms with van der Waals surface area (Å²) in [7, 11) is 0. The van der Waals surface area contributed by atoms with Crippen molar-refractivity contribution in [3.8, 4) is 6.07 Å². The molecule has 4 heteroatoms. The Morgan fingerprint density at radius 1 is 1.46 bits per heavy atom. The molecule has 0 amide bonds. The Kier molecular flexibility index (Phi) is 2.49. The first-order chi connectivity index (χ1) is 6.22. The summed E-state index contributed by atoms with van der Waals surface area (Å²) >= 11 is 8.12. The molecule has 0 radical (unpaired) electrons. The van der Waals surface area contributed by atoms with Gasteiger partial charge in [-0.2, -0.15) is 5.26 Å². The van der Waals surface area contributed by atoms with Crippen molar-refractivity contribution in [3.63, 3.8) is 0 Å². The number of thiophene rings is 1. The molecule has 1 aromatic carbocycles.